The number of ketones is 3. The molecule has 0 bridgehead atoms. The molecule has 0 saturated heterocycles. The van der Waals surface area contributed by atoms with Crippen molar-refractivity contribution in [2.45, 2.75) is 149 Å². The van der Waals surface area contributed by atoms with Crippen molar-refractivity contribution in [3.63, 3.8) is 0 Å². The Balaban J connectivity index is 0.000000187. The van der Waals surface area contributed by atoms with E-state index in [0.29, 0.717) is 17.8 Å². The minimum Gasteiger partial charge on any atom is -0.512 e. The molecular formula is C109H106Ir3N3O7S-3. The minimum absolute atomic E-state index is 0. The fourth-order valence-corrected chi connectivity index (χ4v) is 17.6. The molecule has 11 aromatic carbocycles. The number of aliphatic hydroxyl groups is 3. The Hall–Kier alpha value is -10.8. The molecule has 16 aromatic rings. The van der Waals surface area contributed by atoms with Gasteiger partial charge in [-0.1, -0.05) is 223 Å². The third kappa shape index (κ3) is 23.4. The van der Waals surface area contributed by atoms with E-state index in [-0.39, 0.29) is 94.9 Å². The molecular weight excluding hydrogens is 2070 g/mol. The van der Waals surface area contributed by atoms with Crippen LogP contribution in [0, 0.1) is 77.5 Å². The molecule has 0 amide bonds. The third-order valence-electron chi connectivity index (χ3n) is 20.7. The van der Waals surface area contributed by atoms with Crippen molar-refractivity contribution < 1.29 is 94.4 Å². The summed E-state index contributed by atoms with van der Waals surface area (Å²) in [5.41, 5.74) is 29.7. The van der Waals surface area contributed by atoms with E-state index in [1.807, 2.05) is 23.5 Å². The van der Waals surface area contributed by atoms with Gasteiger partial charge in [-0.15, -0.1) is 116 Å². The van der Waals surface area contributed by atoms with E-state index in [1.165, 1.54) is 163 Å². The molecule has 17 rings (SSSR count). The zero-order valence-corrected chi connectivity index (χ0v) is 81.2. The van der Waals surface area contributed by atoms with Gasteiger partial charge in [0.1, 0.15) is 11.2 Å². The van der Waals surface area contributed by atoms with Crippen molar-refractivity contribution in [2.24, 2.45) is 17.8 Å². The smallest absolute Gasteiger partial charge is 0.155 e. The summed E-state index contributed by atoms with van der Waals surface area (Å²) in [7, 11) is 0. The van der Waals surface area contributed by atoms with Gasteiger partial charge in [-0.3, -0.25) is 29.3 Å². The summed E-state index contributed by atoms with van der Waals surface area (Å²) in [5, 5.41) is 33.8. The molecule has 3 N–H and O–H groups in total. The minimum atomic E-state index is -0.426. The summed E-state index contributed by atoms with van der Waals surface area (Å²) in [6.45, 7) is 35.0. The van der Waals surface area contributed by atoms with Gasteiger partial charge >= 0.3 is 0 Å². The molecule has 123 heavy (non-hydrogen) atoms. The van der Waals surface area contributed by atoms with Crippen LogP contribution in [-0.2, 0) is 99.4 Å². The van der Waals surface area contributed by atoms with Crippen LogP contribution < -0.4 is 0 Å². The fourth-order valence-electron chi connectivity index (χ4n) is 16.5. The number of rotatable bonds is 14. The molecule has 0 saturated carbocycles. The topological polar surface area (TPSA) is 164 Å². The molecule has 3 radical (unpaired) electrons. The van der Waals surface area contributed by atoms with Crippen molar-refractivity contribution in [1.82, 2.24) is 15.0 Å². The summed E-state index contributed by atoms with van der Waals surface area (Å²) in [5.74, 6) is 1.50. The quantitative estimate of drug-likeness (QED) is 0.0542. The van der Waals surface area contributed by atoms with Crippen LogP contribution in [0.3, 0.4) is 0 Å². The predicted molar refractivity (Wildman–Crippen MR) is 501 cm³/mol. The molecule has 14 heteroatoms. The Labute approximate surface area is 768 Å². The zero-order chi connectivity index (χ0) is 86.0. The van der Waals surface area contributed by atoms with Crippen LogP contribution in [-0.4, -0.2) is 47.6 Å². The van der Waals surface area contributed by atoms with Crippen molar-refractivity contribution in [2.75, 3.05) is 0 Å². The number of carbonyl (C=O) groups is 3. The Morgan fingerprint density at radius 3 is 1.15 bits per heavy atom. The molecule has 0 fully saturated rings. The number of pyridine rings is 3. The Morgan fingerprint density at radius 1 is 0.366 bits per heavy atom. The molecule has 1 aliphatic carbocycles. The SMILES string of the molecule is CC(=O)C=C(C)O.CC(=O)C=C(C)O.CC(=O)C=C(C)O.Cc1[c-]c(-c2cc(CC(C)C)c3cc4c(cc3n2)C(c2ccccc2)(c2ccccc2)c2ccccc2-4)cc(C)c1.Cc1[c-]c(-c2cc(CC(C)C)c3cc4c(cc3n2)oc2ccccc24)cc(C)c1.Cc1[c-]c(-c2cc(CC(C)C)c3cc4c(cc3n2)sc2ccccc24)cc(C)c1.[Ir].[Ir].[Ir]. The van der Waals surface area contributed by atoms with Crippen LogP contribution in [0.5, 0.6) is 0 Å². The van der Waals surface area contributed by atoms with Gasteiger partial charge in [0.15, 0.2) is 17.3 Å². The van der Waals surface area contributed by atoms with E-state index >= 15 is 0 Å². The van der Waals surface area contributed by atoms with Crippen molar-refractivity contribution in [1.29, 1.82) is 0 Å². The summed E-state index contributed by atoms with van der Waals surface area (Å²) in [6.07, 6.45) is 6.56. The standard InChI is InChI=1S/C40H34N.C27H24NO.C27H24NS.3C5H8O2.3Ir/c1-26(2)19-29-23-38(30-21-27(3)20-28(4)22-30)41-39-25-37-35(24-34(29)39)33-17-11-12-18-36(33)40(37,31-13-7-5-8-14-31)32-15-9-6-10-16-32;2*1-16(2)9-19-13-24(20-11-17(3)10-18(4)12-20)28-25-15-27-23(14-22(19)25)21-7-5-6-8-26(21)29-27;3*1-4(6)3-5(2)7;;;/h5-18,20-21,23-26H,19H2,1-4H3;2*5-8,10-11,13-16H,9H2,1-4H3;3*3,6H,1-2H3;;;/q3*-1;;;;;;. The molecule has 10 nitrogen and oxygen atoms in total. The number of furan rings is 1. The normalized spacial score (nSPS) is 12.0. The van der Waals surface area contributed by atoms with Gasteiger partial charge in [0.2, 0.25) is 0 Å². The van der Waals surface area contributed by atoms with Crippen LogP contribution in [0.4, 0.5) is 0 Å². The summed E-state index contributed by atoms with van der Waals surface area (Å²) in [4.78, 5) is 45.5. The second kappa shape index (κ2) is 42.6. The number of fused-ring (bicyclic) bond motifs is 12. The van der Waals surface area contributed by atoms with Gasteiger partial charge in [0.05, 0.1) is 39.2 Å². The molecule has 0 aliphatic heterocycles. The zero-order valence-electron chi connectivity index (χ0n) is 73.2. The van der Waals surface area contributed by atoms with E-state index < -0.39 is 5.41 Å². The first-order valence-electron chi connectivity index (χ1n) is 41.1. The van der Waals surface area contributed by atoms with Crippen LogP contribution in [0.15, 0.2) is 264 Å². The van der Waals surface area contributed by atoms with E-state index in [2.05, 4.69) is 314 Å². The number of carbonyl (C=O) groups excluding carboxylic acids is 3. The molecule has 5 heterocycles. The van der Waals surface area contributed by atoms with E-state index in [4.69, 9.17) is 34.7 Å². The maximum absolute atomic E-state index is 10.0. The summed E-state index contributed by atoms with van der Waals surface area (Å²) < 4.78 is 8.77. The first-order valence-corrected chi connectivity index (χ1v) is 42.0. The molecule has 635 valence electrons. The second-order valence-corrected chi connectivity index (χ2v) is 34.2. The van der Waals surface area contributed by atoms with Crippen LogP contribution in [0.2, 0.25) is 0 Å². The van der Waals surface area contributed by atoms with Gasteiger partial charge in [-0.25, -0.2) is 0 Å². The van der Waals surface area contributed by atoms with Crippen LogP contribution in [0.1, 0.15) is 155 Å². The number of benzene rings is 11. The molecule has 0 spiro atoms. The first-order chi connectivity index (χ1) is 57.3. The summed E-state index contributed by atoms with van der Waals surface area (Å²) >= 11 is 1.86. The van der Waals surface area contributed by atoms with Gasteiger partial charge < -0.3 is 19.7 Å². The number of nitrogens with zero attached hydrogens (tertiary/aromatic N) is 3. The van der Waals surface area contributed by atoms with Crippen molar-refractivity contribution in [3.8, 4) is 44.9 Å². The van der Waals surface area contributed by atoms with E-state index in [0.717, 1.165) is 108 Å². The second-order valence-electron chi connectivity index (χ2n) is 33.1. The Morgan fingerprint density at radius 2 is 0.740 bits per heavy atom. The number of allylic oxidation sites excluding steroid dienone is 6. The predicted octanol–water partition coefficient (Wildman–Crippen LogP) is 28.3. The van der Waals surface area contributed by atoms with E-state index in [9.17, 15) is 14.4 Å². The number of aryl methyl sites for hydroxylation is 6. The molecule has 0 atom stereocenters. The average Bonchev–Trinajstić information content (AvgIpc) is 1.53. The first kappa shape index (κ1) is 96.1. The number of para-hydroxylation sites is 1. The number of aliphatic hydroxyl groups excluding tert-OH is 3. The number of hydrogen-bond donors (Lipinski definition) is 3. The largest absolute Gasteiger partial charge is 0.512 e. The molecule has 1 aliphatic rings. The van der Waals surface area contributed by atoms with Crippen molar-refractivity contribution >= 4 is 104 Å². The Bertz CT molecular complexity index is 6240. The number of aromatic nitrogens is 3. The van der Waals surface area contributed by atoms with Gasteiger partial charge in [-0.2, -0.15) is 0 Å². The monoisotopic (exact) mass is 2180 g/mol. The van der Waals surface area contributed by atoms with Crippen molar-refractivity contribution in [3.05, 3.63) is 350 Å². The van der Waals surface area contributed by atoms with Crippen LogP contribution >= 0.6 is 11.3 Å². The maximum Gasteiger partial charge on any atom is 0.155 e. The fraction of sp³-hybridized carbons (Fsp3) is 0.229. The van der Waals surface area contributed by atoms with Gasteiger partial charge in [0, 0.05) is 132 Å². The average molecular weight is 2180 g/mol. The molecule has 5 aromatic heterocycles. The summed E-state index contributed by atoms with van der Waals surface area (Å²) in [6, 6.07) is 92.2. The number of thiophene rings is 1. The van der Waals surface area contributed by atoms with Gasteiger partial charge in [-0.05, 0) is 188 Å². The van der Waals surface area contributed by atoms with Gasteiger partial charge in [0.25, 0.3) is 0 Å². The number of hydrogen-bond acceptors (Lipinski definition) is 11. The Kier molecular flexibility index (Phi) is 33.2. The van der Waals surface area contributed by atoms with E-state index in [1.54, 1.807) is 0 Å². The van der Waals surface area contributed by atoms with Crippen LogP contribution in [0.25, 0.3) is 120 Å². The molecule has 0 unspecified atom stereocenters. The maximum atomic E-state index is 10.0. The third-order valence-corrected chi connectivity index (χ3v) is 21.8.